The van der Waals surface area contributed by atoms with Crippen LogP contribution in [0.2, 0.25) is 0 Å². The Morgan fingerprint density at radius 2 is 1.62 bits per heavy atom. The third kappa shape index (κ3) is 4.71. The highest BCUT2D eigenvalue weighted by molar-refractivity contribution is 7.90. The Morgan fingerprint density at radius 3 is 2.15 bits per heavy atom. The second-order valence-electron chi connectivity index (χ2n) is 6.05. The van der Waals surface area contributed by atoms with Gasteiger partial charge in [-0.2, -0.15) is 9.97 Å². The van der Waals surface area contributed by atoms with E-state index in [2.05, 4.69) is 31.8 Å². The molecule has 1 aromatic heterocycles. The highest BCUT2D eigenvalue weighted by Gasteiger charge is 2.30. The summed E-state index contributed by atoms with van der Waals surface area (Å²) in [6, 6.07) is 7.17. The first-order chi connectivity index (χ1) is 12.2. The SMILES string of the molecule is CN1CCN(c2nc(-c3ccc([S+](C)[O-])cc3)nc(C(Cl)(Cl)Cl)n2)CC1. The van der Waals surface area contributed by atoms with Crippen LogP contribution in [0.5, 0.6) is 0 Å². The van der Waals surface area contributed by atoms with Crippen LogP contribution in [0.3, 0.4) is 0 Å². The van der Waals surface area contributed by atoms with Crippen LogP contribution in [-0.2, 0) is 15.0 Å². The number of nitrogens with zero attached hydrogens (tertiary/aromatic N) is 5. The summed E-state index contributed by atoms with van der Waals surface area (Å²) < 4.78 is 9.83. The second-order valence-corrected chi connectivity index (χ2v) is 9.71. The highest BCUT2D eigenvalue weighted by atomic mass is 35.6. The normalized spacial score (nSPS) is 17.4. The van der Waals surface area contributed by atoms with E-state index < -0.39 is 15.0 Å². The Balaban J connectivity index is 2.00. The molecule has 1 saturated heterocycles. The molecule has 3 rings (SSSR count). The van der Waals surface area contributed by atoms with Crippen molar-refractivity contribution in [3.05, 3.63) is 30.1 Å². The first-order valence-electron chi connectivity index (χ1n) is 7.94. The smallest absolute Gasteiger partial charge is 0.250 e. The lowest BCUT2D eigenvalue weighted by Crippen LogP contribution is -2.45. The van der Waals surface area contributed by atoms with Gasteiger partial charge in [-0.1, -0.05) is 34.8 Å². The van der Waals surface area contributed by atoms with Crippen molar-refractivity contribution in [2.75, 3.05) is 44.4 Å². The zero-order valence-electron chi connectivity index (χ0n) is 14.3. The van der Waals surface area contributed by atoms with E-state index in [9.17, 15) is 4.55 Å². The maximum atomic E-state index is 11.6. The zero-order valence-corrected chi connectivity index (χ0v) is 17.4. The van der Waals surface area contributed by atoms with Crippen LogP contribution < -0.4 is 4.90 Å². The third-order valence-electron chi connectivity index (χ3n) is 4.11. The molecule has 0 spiro atoms. The molecule has 0 N–H and O–H groups in total. The standard InChI is InChI=1S/C16H18Cl3N5OS/c1-23-7-9-24(10-8-23)15-21-13(20-14(22-15)16(17,18)19)11-3-5-12(6-4-11)26(2)25/h3-6H,7-10H2,1-2H3. The summed E-state index contributed by atoms with van der Waals surface area (Å²) >= 11 is 17.0. The fourth-order valence-corrected chi connectivity index (χ4v) is 3.34. The molecule has 10 heteroatoms. The van der Waals surface area contributed by atoms with Crippen molar-refractivity contribution >= 4 is 51.9 Å². The van der Waals surface area contributed by atoms with Gasteiger partial charge in [0.25, 0.3) is 0 Å². The maximum Gasteiger partial charge on any atom is 0.250 e. The molecule has 1 fully saturated rings. The molecule has 0 saturated carbocycles. The van der Waals surface area contributed by atoms with Gasteiger partial charge >= 0.3 is 0 Å². The molecule has 1 aromatic carbocycles. The molecule has 1 unspecified atom stereocenters. The lowest BCUT2D eigenvalue weighted by Gasteiger charge is -2.32. The van der Waals surface area contributed by atoms with E-state index in [4.69, 9.17) is 34.8 Å². The Kier molecular flexibility index (Phi) is 6.16. The number of halogens is 3. The summed E-state index contributed by atoms with van der Waals surface area (Å²) in [5, 5.41) is 0. The quantitative estimate of drug-likeness (QED) is 0.546. The van der Waals surface area contributed by atoms with E-state index in [1.54, 1.807) is 18.4 Å². The highest BCUT2D eigenvalue weighted by Crippen LogP contribution is 2.37. The molecule has 0 aliphatic carbocycles. The summed E-state index contributed by atoms with van der Waals surface area (Å²) in [5.41, 5.74) is 0.743. The number of benzene rings is 1. The van der Waals surface area contributed by atoms with Crippen molar-refractivity contribution in [3.8, 4) is 11.4 Å². The van der Waals surface area contributed by atoms with Crippen molar-refractivity contribution in [3.63, 3.8) is 0 Å². The third-order valence-corrected chi connectivity index (χ3v) is 5.55. The summed E-state index contributed by atoms with van der Waals surface area (Å²) in [4.78, 5) is 18.3. The van der Waals surface area contributed by atoms with E-state index in [0.29, 0.717) is 11.8 Å². The fourth-order valence-electron chi connectivity index (χ4n) is 2.56. The van der Waals surface area contributed by atoms with Crippen molar-refractivity contribution in [2.45, 2.75) is 8.69 Å². The average molecular weight is 435 g/mol. The summed E-state index contributed by atoms with van der Waals surface area (Å²) in [7, 11) is 2.07. The van der Waals surface area contributed by atoms with Crippen LogP contribution >= 0.6 is 34.8 Å². The molecule has 1 aliphatic heterocycles. The number of hydrogen-bond donors (Lipinski definition) is 0. The summed E-state index contributed by atoms with van der Waals surface area (Å²) in [5.74, 6) is 1.00. The monoisotopic (exact) mass is 433 g/mol. The van der Waals surface area contributed by atoms with Gasteiger partial charge in [-0.3, -0.25) is 0 Å². The Labute approximate surface area is 170 Å². The Hall–Kier alpha value is -0.830. The van der Waals surface area contributed by atoms with Crippen LogP contribution in [-0.4, -0.2) is 63.9 Å². The molecule has 26 heavy (non-hydrogen) atoms. The van der Waals surface area contributed by atoms with Gasteiger partial charge in [0, 0.05) is 31.7 Å². The zero-order chi connectivity index (χ0) is 18.9. The van der Waals surface area contributed by atoms with Crippen LogP contribution in [0.1, 0.15) is 5.82 Å². The van der Waals surface area contributed by atoms with Crippen LogP contribution in [0.25, 0.3) is 11.4 Å². The van der Waals surface area contributed by atoms with E-state index in [1.165, 1.54) is 0 Å². The minimum absolute atomic E-state index is 0.0876. The molecule has 140 valence electrons. The summed E-state index contributed by atoms with van der Waals surface area (Å²) in [6.45, 7) is 3.38. The van der Waals surface area contributed by atoms with E-state index in [0.717, 1.165) is 36.6 Å². The number of likely N-dealkylation sites (N-methyl/N-ethyl adjacent to an activating group) is 1. The molecule has 0 amide bonds. The lowest BCUT2D eigenvalue weighted by atomic mass is 10.2. The predicted octanol–water partition coefficient (Wildman–Crippen LogP) is 2.85. The molecule has 1 atom stereocenters. The lowest BCUT2D eigenvalue weighted by molar-refractivity contribution is 0.311. The largest absolute Gasteiger partial charge is 0.612 e. The first-order valence-corrected chi connectivity index (χ1v) is 10.6. The Morgan fingerprint density at radius 1 is 1.00 bits per heavy atom. The van der Waals surface area contributed by atoms with E-state index in [1.807, 2.05) is 12.1 Å². The van der Waals surface area contributed by atoms with Gasteiger partial charge in [-0.15, -0.1) is 0 Å². The maximum absolute atomic E-state index is 11.6. The molecule has 1 aliphatic rings. The van der Waals surface area contributed by atoms with Crippen LogP contribution in [0.4, 0.5) is 5.95 Å². The molecule has 0 radical (unpaired) electrons. The fraction of sp³-hybridized carbons (Fsp3) is 0.438. The number of rotatable bonds is 3. The van der Waals surface area contributed by atoms with Gasteiger partial charge < -0.3 is 14.4 Å². The van der Waals surface area contributed by atoms with Gasteiger partial charge in [0.1, 0.15) is 6.26 Å². The van der Waals surface area contributed by atoms with Crippen LogP contribution in [0.15, 0.2) is 29.2 Å². The molecule has 2 heterocycles. The van der Waals surface area contributed by atoms with Gasteiger partial charge in [0.2, 0.25) is 9.74 Å². The molecule has 2 aromatic rings. The average Bonchev–Trinajstić information content (AvgIpc) is 2.61. The first kappa shape index (κ1) is 19.9. The van der Waals surface area contributed by atoms with Crippen molar-refractivity contribution < 1.29 is 4.55 Å². The van der Waals surface area contributed by atoms with Gasteiger partial charge in [-0.05, 0) is 42.5 Å². The van der Waals surface area contributed by atoms with Crippen molar-refractivity contribution in [1.82, 2.24) is 19.9 Å². The molecule has 0 bridgehead atoms. The van der Waals surface area contributed by atoms with Gasteiger partial charge in [0.15, 0.2) is 16.5 Å². The van der Waals surface area contributed by atoms with Crippen molar-refractivity contribution in [1.29, 1.82) is 0 Å². The summed E-state index contributed by atoms with van der Waals surface area (Å²) in [6.07, 6.45) is 1.63. The predicted molar refractivity (Wildman–Crippen MR) is 107 cm³/mol. The molecular weight excluding hydrogens is 417 g/mol. The van der Waals surface area contributed by atoms with E-state index in [-0.39, 0.29) is 5.82 Å². The number of piperazine rings is 1. The Bertz CT molecular complexity index is 761. The number of hydrogen-bond acceptors (Lipinski definition) is 6. The number of alkyl halides is 3. The number of aromatic nitrogens is 3. The second kappa shape index (κ2) is 8.04. The molecule has 6 nitrogen and oxygen atoms in total. The van der Waals surface area contributed by atoms with Gasteiger partial charge in [0.05, 0.1) is 0 Å². The topological polar surface area (TPSA) is 68.2 Å². The minimum atomic E-state index is -1.75. The number of anilines is 1. The van der Waals surface area contributed by atoms with Gasteiger partial charge in [-0.25, -0.2) is 4.98 Å². The minimum Gasteiger partial charge on any atom is -0.612 e. The van der Waals surface area contributed by atoms with E-state index >= 15 is 0 Å². The van der Waals surface area contributed by atoms with Crippen molar-refractivity contribution in [2.24, 2.45) is 0 Å². The molecular formula is C16H18Cl3N5OS. The van der Waals surface area contributed by atoms with Crippen LogP contribution in [0, 0.1) is 0 Å².